The third-order valence-electron chi connectivity index (χ3n) is 3.95. The number of amides is 1. The number of anilines is 1. The molecule has 1 aromatic carbocycles. The van der Waals surface area contributed by atoms with Gasteiger partial charge in [0.2, 0.25) is 0 Å². The van der Waals surface area contributed by atoms with Crippen molar-refractivity contribution < 1.29 is 27.6 Å². The van der Waals surface area contributed by atoms with Gasteiger partial charge in [-0.05, 0) is 37.8 Å². The van der Waals surface area contributed by atoms with E-state index < -0.39 is 29.9 Å². The molecule has 0 heterocycles. The van der Waals surface area contributed by atoms with Crippen molar-refractivity contribution in [2.24, 2.45) is 5.92 Å². The highest BCUT2D eigenvalue weighted by Crippen LogP contribution is 2.37. The van der Waals surface area contributed by atoms with E-state index in [1.165, 1.54) is 0 Å². The summed E-state index contributed by atoms with van der Waals surface area (Å²) in [7, 11) is 0. The molecule has 1 saturated carbocycles. The van der Waals surface area contributed by atoms with Crippen molar-refractivity contribution in [1.82, 2.24) is 5.32 Å². The molecule has 128 valence electrons. The quantitative estimate of drug-likeness (QED) is 0.565. The summed E-state index contributed by atoms with van der Waals surface area (Å²) in [6.45, 7) is 0. The van der Waals surface area contributed by atoms with Crippen LogP contribution in [0.3, 0.4) is 0 Å². The maximum absolute atomic E-state index is 13.4. The van der Waals surface area contributed by atoms with Gasteiger partial charge >= 0.3 is 6.18 Å². The van der Waals surface area contributed by atoms with Gasteiger partial charge in [-0.15, -0.1) is 0 Å². The first kappa shape index (κ1) is 17.8. The topological polar surface area (TPSA) is 61.4 Å². The van der Waals surface area contributed by atoms with E-state index in [1.807, 2.05) is 0 Å². The zero-order valence-electron chi connectivity index (χ0n) is 11.9. The summed E-state index contributed by atoms with van der Waals surface area (Å²) in [6, 6.07) is 1.51. The van der Waals surface area contributed by atoms with Crippen LogP contribution in [0.5, 0.6) is 0 Å². The largest absolute Gasteiger partial charge is 0.391 e. The predicted molar refractivity (Wildman–Crippen MR) is 76.1 cm³/mol. The molecular formula is C14H15ClF4N2O2. The number of halogens is 5. The SMILES string of the molecule is O=C(N[C@H]1CC[C@H](C(F)(F)F)CC1)c1cc(NO)c(F)cc1Cl. The highest BCUT2D eigenvalue weighted by atomic mass is 35.5. The lowest BCUT2D eigenvalue weighted by Crippen LogP contribution is -2.40. The molecule has 1 aliphatic carbocycles. The molecule has 0 saturated heterocycles. The number of benzene rings is 1. The van der Waals surface area contributed by atoms with Crippen LogP contribution in [0.15, 0.2) is 12.1 Å². The van der Waals surface area contributed by atoms with Crippen LogP contribution < -0.4 is 10.8 Å². The molecule has 1 fully saturated rings. The minimum absolute atomic E-state index is 0.0466. The molecular weight excluding hydrogens is 340 g/mol. The van der Waals surface area contributed by atoms with Crippen LogP contribution in [-0.4, -0.2) is 23.3 Å². The number of carbonyl (C=O) groups is 1. The number of rotatable bonds is 3. The van der Waals surface area contributed by atoms with Crippen molar-refractivity contribution in [3.63, 3.8) is 0 Å². The second-order valence-corrected chi connectivity index (χ2v) is 5.89. The van der Waals surface area contributed by atoms with Crippen LogP contribution in [0.4, 0.5) is 23.2 Å². The summed E-state index contributed by atoms with van der Waals surface area (Å²) in [4.78, 5) is 12.1. The lowest BCUT2D eigenvalue weighted by Gasteiger charge is -2.30. The fourth-order valence-corrected chi connectivity index (χ4v) is 2.87. The van der Waals surface area contributed by atoms with Gasteiger partial charge in [0.05, 0.1) is 22.2 Å². The highest BCUT2D eigenvalue weighted by molar-refractivity contribution is 6.34. The Morgan fingerprint density at radius 1 is 1.22 bits per heavy atom. The highest BCUT2D eigenvalue weighted by Gasteiger charge is 2.41. The molecule has 1 amide bonds. The Labute approximate surface area is 134 Å². The van der Waals surface area contributed by atoms with Gasteiger partial charge in [-0.1, -0.05) is 11.6 Å². The summed E-state index contributed by atoms with van der Waals surface area (Å²) in [6.07, 6.45) is -3.89. The molecule has 0 unspecified atom stereocenters. The maximum atomic E-state index is 13.4. The Kier molecular flexibility index (Phi) is 5.36. The minimum atomic E-state index is -4.21. The average molecular weight is 355 g/mol. The van der Waals surface area contributed by atoms with Gasteiger partial charge < -0.3 is 5.32 Å². The minimum Gasteiger partial charge on any atom is -0.349 e. The first-order chi connectivity index (χ1) is 10.7. The van der Waals surface area contributed by atoms with Crippen LogP contribution in [0, 0.1) is 11.7 Å². The van der Waals surface area contributed by atoms with E-state index >= 15 is 0 Å². The molecule has 23 heavy (non-hydrogen) atoms. The van der Waals surface area contributed by atoms with Crippen molar-refractivity contribution in [2.75, 3.05) is 5.48 Å². The van der Waals surface area contributed by atoms with Crippen LogP contribution in [0.25, 0.3) is 0 Å². The van der Waals surface area contributed by atoms with E-state index in [9.17, 15) is 22.4 Å². The Morgan fingerprint density at radius 3 is 2.35 bits per heavy atom. The van der Waals surface area contributed by atoms with E-state index in [1.54, 1.807) is 5.48 Å². The number of hydrogen-bond acceptors (Lipinski definition) is 3. The second-order valence-electron chi connectivity index (χ2n) is 5.49. The molecule has 0 spiro atoms. The molecule has 0 bridgehead atoms. The molecule has 1 aliphatic rings. The first-order valence-corrected chi connectivity index (χ1v) is 7.37. The molecule has 0 aromatic heterocycles. The van der Waals surface area contributed by atoms with Crippen LogP contribution in [0.1, 0.15) is 36.0 Å². The summed E-state index contributed by atoms with van der Waals surface area (Å²) in [5.41, 5.74) is 1.22. The zero-order valence-corrected chi connectivity index (χ0v) is 12.6. The third kappa shape index (κ3) is 4.26. The van der Waals surface area contributed by atoms with Gasteiger partial charge in [-0.3, -0.25) is 15.5 Å². The smallest absolute Gasteiger partial charge is 0.349 e. The summed E-state index contributed by atoms with van der Waals surface area (Å²) < 4.78 is 51.2. The van der Waals surface area contributed by atoms with Gasteiger partial charge in [-0.25, -0.2) is 4.39 Å². The number of carbonyl (C=O) groups excluding carboxylic acids is 1. The normalized spacial score (nSPS) is 21.8. The predicted octanol–water partition coefficient (Wildman–Crippen LogP) is 4.13. The van der Waals surface area contributed by atoms with E-state index in [4.69, 9.17) is 16.8 Å². The molecule has 2 rings (SSSR count). The third-order valence-corrected chi connectivity index (χ3v) is 4.26. The Hall–Kier alpha value is -1.54. The fourth-order valence-electron chi connectivity index (χ4n) is 2.64. The number of alkyl halides is 3. The Bertz CT molecular complexity index is 587. The van der Waals surface area contributed by atoms with E-state index in [0.717, 1.165) is 12.1 Å². The monoisotopic (exact) mass is 354 g/mol. The average Bonchev–Trinajstić information content (AvgIpc) is 2.47. The van der Waals surface area contributed by atoms with E-state index in [-0.39, 0.29) is 42.0 Å². The summed E-state index contributed by atoms with van der Waals surface area (Å²) in [5, 5.41) is 11.2. The second kappa shape index (κ2) is 6.92. The van der Waals surface area contributed by atoms with Gasteiger partial charge in [-0.2, -0.15) is 13.2 Å². The summed E-state index contributed by atoms with van der Waals surface area (Å²) in [5.74, 6) is -2.79. The van der Waals surface area contributed by atoms with Crippen LogP contribution >= 0.6 is 11.6 Å². The van der Waals surface area contributed by atoms with Gasteiger partial charge in [0.25, 0.3) is 5.91 Å². The van der Waals surface area contributed by atoms with Crippen LogP contribution in [-0.2, 0) is 0 Å². The summed E-state index contributed by atoms with van der Waals surface area (Å²) >= 11 is 5.80. The molecule has 0 atom stereocenters. The number of hydrogen-bond donors (Lipinski definition) is 3. The van der Waals surface area contributed by atoms with E-state index in [0.29, 0.717) is 0 Å². The molecule has 1 aromatic rings. The van der Waals surface area contributed by atoms with Crippen molar-refractivity contribution in [3.8, 4) is 0 Å². The first-order valence-electron chi connectivity index (χ1n) is 6.99. The van der Waals surface area contributed by atoms with Gasteiger partial charge in [0.1, 0.15) is 5.82 Å². The Morgan fingerprint density at radius 2 is 1.83 bits per heavy atom. The molecule has 3 N–H and O–H groups in total. The lowest BCUT2D eigenvalue weighted by atomic mass is 9.85. The standard InChI is InChI=1S/C14H15ClF4N2O2/c15-10-6-11(16)12(21-23)5-9(10)13(22)20-8-3-1-7(2-4-8)14(17,18)19/h5-8,21,23H,1-4H2,(H,20,22)/t7-,8-. The maximum Gasteiger partial charge on any atom is 0.391 e. The fraction of sp³-hybridized carbons (Fsp3) is 0.500. The molecule has 9 heteroatoms. The molecule has 0 aliphatic heterocycles. The van der Waals surface area contributed by atoms with Crippen molar-refractivity contribution in [2.45, 2.75) is 37.9 Å². The van der Waals surface area contributed by atoms with Crippen molar-refractivity contribution in [3.05, 3.63) is 28.5 Å². The van der Waals surface area contributed by atoms with Gasteiger partial charge in [0.15, 0.2) is 0 Å². The molecule has 0 radical (unpaired) electrons. The van der Waals surface area contributed by atoms with Crippen LogP contribution in [0.2, 0.25) is 5.02 Å². The lowest BCUT2D eigenvalue weighted by molar-refractivity contribution is -0.182. The zero-order chi connectivity index (χ0) is 17.2. The number of nitrogens with one attached hydrogen (secondary N) is 2. The van der Waals surface area contributed by atoms with Crippen molar-refractivity contribution in [1.29, 1.82) is 0 Å². The Balaban J connectivity index is 2.01. The molecule has 4 nitrogen and oxygen atoms in total. The van der Waals surface area contributed by atoms with Gasteiger partial charge in [0, 0.05) is 6.04 Å². The van der Waals surface area contributed by atoms with E-state index in [2.05, 4.69) is 5.32 Å². The van der Waals surface area contributed by atoms with Crippen molar-refractivity contribution >= 4 is 23.2 Å².